The smallest absolute Gasteiger partial charge is 0.123 e. The standard InChI is InChI=1S/C15H24FN3O/c16-14-4-1-3-13(11-14)15(12-17)19-6-2-5-18(7-8-19)9-10-20/h1,3-4,11,15,20H,2,5-10,12,17H2. The Hall–Kier alpha value is -1.01. The zero-order chi connectivity index (χ0) is 14.4. The second kappa shape index (κ2) is 7.69. The molecule has 0 aliphatic carbocycles. The summed E-state index contributed by atoms with van der Waals surface area (Å²) in [5.74, 6) is -0.210. The number of hydrogen-bond acceptors (Lipinski definition) is 4. The summed E-state index contributed by atoms with van der Waals surface area (Å²) in [5, 5.41) is 9.02. The number of rotatable bonds is 5. The Kier molecular flexibility index (Phi) is 5.91. The lowest BCUT2D eigenvalue weighted by atomic mass is 10.0. The van der Waals surface area contributed by atoms with Crippen LogP contribution < -0.4 is 5.73 Å². The number of nitrogens with two attached hydrogens (primary N) is 1. The van der Waals surface area contributed by atoms with Gasteiger partial charge in [0.05, 0.1) is 6.61 Å². The molecule has 1 aliphatic heterocycles. The first-order chi connectivity index (χ1) is 9.74. The van der Waals surface area contributed by atoms with Crippen molar-refractivity contribution in [3.05, 3.63) is 35.6 Å². The molecule has 112 valence electrons. The second-order valence-electron chi connectivity index (χ2n) is 5.26. The van der Waals surface area contributed by atoms with Crippen LogP contribution in [0.4, 0.5) is 4.39 Å². The van der Waals surface area contributed by atoms with Crippen molar-refractivity contribution in [2.45, 2.75) is 12.5 Å². The molecule has 1 atom stereocenters. The molecule has 1 aliphatic rings. The van der Waals surface area contributed by atoms with Crippen molar-refractivity contribution in [3.8, 4) is 0 Å². The fraction of sp³-hybridized carbons (Fsp3) is 0.600. The zero-order valence-electron chi connectivity index (χ0n) is 11.8. The van der Waals surface area contributed by atoms with Gasteiger partial charge in [-0.25, -0.2) is 4.39 Å². The third-order valence-corrected chi connectivity index (χ3v) is 3.94. The van der Waals surface area contributed by atoms with E-state index in [9.17, 15) is 4.39 Å². The van der Waals surface area contributed by atoms with E-state index < -0.39 is 0 Å². The average Bonchev–Trinajstić information content (AvgIpc) is 2.66. The lowest BCUT2D eigenvalue weighted by Gasteiger charge is -2.30. The summed E-state index contributed by atoms with van der Waals surface area (Å²) in [7, 11) is 0. The SMILES string of the molecule is NCC(c1cccc(F)c1)N1CCCN(CCO)CC1. The van der Waals surface area contributed by atoms with E-state index in [1.54, 1.807) is 12.1 Å². The molecule has 0 bridgehead atoms. The van der Waals surface area contributed by atoms with Crippen LogP contribution in [-0.2, 0) is 0 Å². The van der Waals surface area contributed by atoms with Crippen molar-refractivity contribution in [3.63, 3.8) is 0 Å². The maximum absolute atomic E-state index is 13.4. The Morgan fingerprint density at radius 1 is 1.25 bits per heavy atom. The summed E-state index contributed by atoms with van der Waals surface area (Å²) >= 11 is 0. The molecular weight excluding hydrogens is 257 g/mol. The van der Waals surface area contributed by atoms with E-state index >= 15 is 0 Å². The molecule has 1 aromatic carbocycles. The van der Waals surface area contributed by atoms with Crippen molar-refractivity contribution in [2.75, 3.05) is 45.9 Å². The molecule has 5 heteroatoms. The molecule has 0 aromatic heterocycles. The lowest BCUT2D eigenvalue weighted by molar-refractivity contribution is 0.182. The highest BCUT2D eigenvalue weighted by Crippen LogP contribution is 2.22. The Morgan fingerprint density at radius 3 is 2.80 bits per heavy atom. The zero-order valence-corrected chi connectivity index (χ0v) is 11.8. The average molecular weight is 281 g/mol. The maximum Gasteiger partial charge on any atom is 0.123 e. The number of aliphatic hydroxyl groups is 1. The summed E-state index contributed by atoms with van der Waals surface area (Å²) in [5.41, 5.74) is 6.86. The molecule has 1 saturated heterocycles. The van der Waals surface area contributed by atoms with Crippen LogP contribution in [0.5, 0.6) is 0 Å². The van der Waals surface area contributed by atoms with E-state index in [1.165, 1.54) is 6.07 Å². The molecule has 0 spiro atoms. The van der Waals surface area contributed by atoms with Gasteiger partial charge in [0.2, 0.25) is 0 Å². The highest BCUT2D eigenvalue weighted by atomic mass is 19.1. The van der Waals surface area contributed by atoms with E-state index in [-0.39, 0.29) is 18.5 Å². The minimum atomic E-state index is -0.210. The van der Waals surface area contributed by atoms with Crippen LogP contribution in [0.2, 0.25) is 0 Å². The third kappa shape index (κ3) is 3.99. The highest BCUT2D eigenvalue weighted by Gasteiger charge is 2.22. The summed E-state index contributed by atoms with van der Waals surface area (Å²) < 4.78 is 13.4. The molecule has 1 fully saturated rings. The van der Waals surface area contributed by atoms with Crippen molar-refractivity contribution >= 4 is 0 Å². The summed E-state index contributed by atoms with van der Waals surface area (Å²) in [6.07, 6.45) is 1.05. The van der Waals surface area contributed by atoms with Gasteiger partial charge in [-0.2, -0.15) is 0 Å². The van der Waals surface area contributed by atoms with Gasteiger partial charge in [0.15, 0.2) is 0 Å². The van der Waals surface area contributed by atoms with Crippen LogP contribution in [0.25, 0.3) is 0 Å². The molecule has 1 unspecified atom stereocenters. The molecule has 1 heterocycles. The molecule has 0 saturated carbocycles. The van der Waals surface area contributed by atoms with Crippen molar-refractivity contribution < 1.29 is 9.50 Å². The van der Waals surface area contributed by atoms with Gasteiger partial charge in [-0.05, 0) is 30.7 Å². The first-order valence-electron chi connectivity index (χ1n) is 7.27. The molecule has 1 aromatic rings. The molecule has 2 rings (SSSR count). The van der Waals surface area contributed by atoms with Crippen LogP contribution in [-0.4, -0.2) is 60.8 Å². The topological polar surface area (TPSA) is 52.7 Å². The van der Waals surface area contributed by atoms with E-state index in [4.69, 9.17) is 10.8 Å². The number of nitrogens with zero attached hydrogens (tertiary/aromatic N) is 2. The van der Waals surface area contributed by atoms with Gasteiger partial charge in [-0.1, -0.05) is 12.1 Å². The number of benzene rings is 1. The second-order valence-corrected chi connectivity index (χ2v) is 5.26. The number of aliphatic hydroxyl groups excluding tert-OH is 1. The molecule has 0 amide bonds. The molecule has 20 heavy (non-hydrogen) atoms. The van der Waals surface area contributed by atoms with Crippen molar-refractivity contribution in [1.82, 2.24) is 9.80 Å². The monoisotopic (exact) mass is 281 g/mol. The van der Waals surface area contributed by atoms with Gasteiger partial charge < -0.3 is 10.8 Å². The van der Waals surface area contributed by atoms with Gasteiger partial charge in [-0.15, -0.1) is 0 Å². The van der Waals surface area contributed by atoms with Crippen LogP contribution >= 0.6 is 0 Å². The van der Waals surface area contributed by atoms with Crippen molar-refractivity contribution in [1.29, 1.82) is 0 Å². The first kappa shape index (κ1) is 15.4. The normalized spacial score (nSPS) is 19.8. The van der Waals surface area contributed by atoms with Crippen LogP contribution in [0.15, 0.2) is 24.3 Å². The predicted octanol–water partition coefficient (Wildman–Crippen LogP) is 0.826. The van der Waals surface area contributed by atoms with E-state index in [2.05, 4.69) is 9.80 Å². The van der Waals surface area contributed by atoms with Crippen molar-refractivity contribution in [2.24, 2.45) is 5.73 Å². The minimum absolute atomic E-state index is 0.0692. The maximum atomic E-state index is 13.4. The first-order valence-corrected chi connectivity index (χ1v) is 7.27. The Morgan fingerprint density at radius 2 is 2.10 bits per heavy atom. The van der Waals surface area contributed by atoms with E-state index in [0.717, 1.165) is 44.7 Å². The fourth-order valence-electron chi connectivity index (χ4n) is 2.88. The highest BCUT2D eigenvalue weighted by molar-refractivity contribution is 5.20. The lowest BCUT2D eigenvalue weighted by Crippen LogP contribution is -2.37. The summed E-state index contributed by atoms with van der Waals surface area (Å²) in [6, 6.07) is 6.79. The largest absolute Gasteiger partial charge is 0.395 e. The molecular formula is C15H24FN3O. The van der Waals surface area contributed by atoms with Gasteiger partial charge in [0.1, 0.15) is 5.82 Å². The molecule has 0 radical (unpaired) electrons. The van der Waals surface area contributed by atoms with Crippen LogP contribution in [0, 0.1) is 5.82 Å². The third-order valence-electron chi connectivity index (χ3n) is 3.94. The van der Waals surface area contributed by atoms with Gasteiger partial charge >= 0.3 is 0 Å². The van der Waals surface area contributed by atoms with Gasteiger partial charge in [0.25, 0.3) is 0 Å². The minimum Gasteiger partial charge on any atom is -0.395 e. The number of halogens is 1. The van der Waals surface area contributed by atoms with Crippen LogP contribution in [0.3, 0.4) is 0 Å². The van der Waals surface area contributed by atoms with Gasteiger partial charge in [0, 0.05) is 38.8 Å². The predicted molar refractivity (Wildman–Crippen MR) is 77.9 cm³/mol. The Bertz CT molecular complexity index is 416. The molecule has 3 N–H and O–H groups in total. The number of hydrogen-bond donors (Lipinski definition) is 2. The Balaban J connectivity index is 2.04. The molecule has 4 nitrogen and oxygen atoms in total. The van der Waals surface area contributed by atoms with Crippen LogP contribution in [0.1, 0.15) is 18.0 Å². The summed E-state index contributed by atoms with van der Waals surface area (Å²) in [6.45, 7) is 5.19. The van der Waals surface area contributed by atoms with E-state index in [1.807, 2.05) is 6.07 Å². The quantitative estimate of drug-likeness (QED) is 0.839. The summed E-state index contributed by atoms with van der Waals surface area (Å²) in [4.78, 5) is 4.59. The Labute approximate surface area is 120 Å². The number of β-amino-alcohol motifs (C(OH)–C–C–N with tert-alkyl or cyclic N) is 1. The van der Waals surface area contributed by atoms with E-state index in [0.29, 0.717) is 6.54 Å². The fourth-order valence-corrected chi connectivity index (χ4v) is 2.88. The van der Waals surface area contributed by atoms with Gasteiger partial charge in [-0.3, -0.25) is 9.80 Å².